The number of hydrogen-bond acceptors (Lipinski definition) is 4. The summed E-state index contributed by atoms with van der Waals surface area (Å²) in [5, 5.41) is 0. The van der Waals surface area contributed by atoms with Crippen molar-refractivity contribution in [2.75, 3.05) is 0 Å². The van der Waals surface area contributed by atoms with Crippen LogP contribution in [-0.2, 0) is 31.5 Å². The van der Waals surface area contributed by atoms with Crippen LogP contribution in [0.15, 0.2) is 71.6 Å². The van der Waals surface area contributed by atoms with Crippen LogP contribution >= 0.6 is 0 Å². The first-order valence-electron chi connectivity index (χ1n) is 12.4. The maximum Gasteiger partial charge on any atom is 0.430 e. The molecule has 2 N–H and O–H groups in total. The number of benzene rings is 3. The van der Waals surface area contributed by atoms with E-state index >= 15 is 0 Å². The van der Waals surface area contributed by atoms with Crippen molar-refractivity contribution in [1.29, 1.82) is 0 Å². The van der Waals surface area contributed by atoms with Gasteiger partial charge in [0.15, 0.2) is 9.84 Å². The largest absolute Gasteiger partial charge is 0.430 e. The van der Waals surface area contributed by atoms with E-state index in [1.165, 1.54) is 0 Å². The number of halogens is 8. The van der Waals surface area contributed by atoms with Crippen molar-refractivity contribution in [3.63, 3.8) is 0 Å². The molecule has 3 aromatic carbocycles. The number of hydrogen-bond donors (Lipinski definition) is 1. The Labute approximate surface area is 235 Å². The smallest absolute Gasteiger partial charge is 0.366 e. The summed E-state index contributed by atoms with van der Waals surface area (Å²) in [7, 11) is -4.25. The molecule has 3 aromatic rings. The van der Waals surface area contributed by atoms with Crippen LogP contribution in [0.25, 0.3) is 0 Å². The fourth-order valence-electron chi connectivity index (χ4n) is 5.28. The second-order valence-electron chi connectivity index (χ2n) is 9.88. The van der Waals surface area contributed by atoms with Crippen LogP contribution in [-0.4, -0.2) is 26.7 Å². The molecule has 4 rings (SSSR count). The van der Waals surface area contributed by atoms with Crippen molar-refractivity contribution in [2.24, 2.45) is 5.73 Å². The van der Waals surface area contributed by atoms with Gasteiger partial charge in [-0.2, -0.15) is 26.3 Å². The van der Waals surface area contributed by atoms with Gasteiger partial charge in [-0.25, -0.2) is 17.2 Å². The fourth-order valence-corrected chi connectivity index (χ4v) is 7.50. The van der Waals surface area contributed by atoms with Crippen LogP contribution in [0.5, 0.6) is 0 Å². The number of nitrogens with two attached hydrogens (primary N) is 1. The van der Waals surface area contributed by atoms with Crippen LogP contribution in [0.4, 0.5) is 35.1 Å². The molecule has 1 aliphatic carbocycles. The summed E-state index contributed by atoms with van der Waals surface area (Å²) in [6, 6.07) is 8.98. The maximum absolute atomic E-state index is 14.3. The molecule has 0 saturated heterocycles. The molecule has 0 bridgehead atoms. The number of alkyl halides is 6. The Bertz CT molecular complexity index is 1550. The molecule has 0 spiro atoms. The highest BCUT2D eigenvalue weighted by Crippen LogP contribution is 2.54. The van der Waals surface area contributed by atoms with Crippen LogP contribution in [0, 0.1) is 11.6 Å². The number of amides is 1. The van der Waals surface area contributed by atoms with Crippen molar-refractivity contribution in [3.05, 3.63) is 101 Å². The number of sulfone groups is 1. The molecule has 1 fully saturated rings. The van der Waals surface area contributed by atoms with Crippen molar-refractivity contribution >= 4 is 15.7 Å². The Kier molecular flexibility index (Phi) is 8.19. The minimum absolute atomic E-state index is 0.0320. The van der Waals surface area contributed by atoms with Crippen LogP contribution < -0.4 is 5.73 Å². The Morgan fingerprint density at radius 2 is 1.38 bits per heavy atom. The summed E-state index contributed by atoms with van der Waals surface area (Å²) in [4.78, 5) is 11.0. The van der Waals surface area contributed by atoms with Crippen LogP contribution in [0.1, 0.15) is 52.7 Å². The lowest BCUT2D eigenvalue weighted by Gasteiger charge is -2.38. The van der Waals surface area contributed by atoms with Gasteiger partial charge in [0.1, 0.15) is 16.4 Å². The van der Waals surface area contributed by atoms with Gasteiger partial charge in [0.2, 0.25) is 0 Å². The quantitative estimate of drug-likeness (QED) is 0.220. The van der Waals surface area contributed by atoms with Gasteiger partial charge < -0.3 is 10.5 Å². The van der Waals surface area contributed by atoms with Crippen molar-refractivity contribution in [2.45, 2.75) is 59.9 Å². The molecule has 42 heavy (non-hydrogen) atoms. The molecule has 1 amide bonds. The molecule has 0 aliphatic heterocycles. The van der Waals surface area contributed by atoms with Crippen molar-refractivity contribution < 1.29 is 53.1 Å². The lowest BCUT2D eigenvalue weighted by atomic mass is 9.88. The molecule has 226 valence electrons. The first kappa shape index (κ1) is 31.4. The summed E-state index contributed by atoms with van der Waals surface area (Å²) in [6.07, 6.45) is -11.2. The molecular weight excluding hydrogens is 598 g/mol. The molecule has 0 unspecified atom stereocenters. The first-order valence-corrected chi connectivity index (χ1v) is 13.9. The van der Waals surface area contributed by atoms with E-state index in [0.29, 0.717) is 31.0 Å². The van der Waals surface area contributed by atoms with E-state index in [4.69, 9.17) is 5.73 Å². The predicted octanol–water partition coefficient (Wildman–Crippen LogP) is 6.84. The SMILES string of the molecule is NC(=O)c1ccc(COC(c2ccc(C3(S(=O)(=O)c4ccc(F)cc4)CCCC3)cc2)(C(F)(F)F)C(F)(F)F)cc1F. The summed E-state index contributed by atoms with van der Waals surface area (Å²) < 4.78 is 144. The number of ether oxygens (including phenoxy) is 1. The third kappa shape index (κ3) is 5.26. The normalized spacial score (nSPS) is 16.0. The highest BCUT2D eigenvalue weighted by molar-refractivity contribution is 7.92. The second kappa shape index (κ2) is 11.0. The van der Waals surface area contributed by atoms with E-state index in [1.807, 2.05) is 0 Å². The summed E-state index contributed by atoms with van der Waals surface area (Å²) in [6.45, 7) is -1.36. The summed E-state index contributed by atoms with van der Waals surface area (Å²) in [5.74, 6) is -3.15. The average molecular weight is 622 g/mol. The molecule has 14 heteroatoms. The molecule has 1 saturated carbocycles. The van der Waals surface area contributed by atoms with Crippen LogP contribution in [0.2, 0.25) is 0 Å². The van der Waals surface area contributed by atoms with Crippen LogP contribution in [0.3, 0.4) is 0 Å². The van der Waals surface area contributed by atoms with E-state index in [2.05, 4.69) is 4.74 Å². The molecule has 0 aromatic heterocycles. The van der Waals surface area contributed by atoms with Gasteiger partial charge in [0, 0.05) is 5.56 Å². The fraction of sp³-hybridized carbons (Fsp3) is 0.321. The van der Waals surface area contributed by atoms with E-state index < -0.39 is 73.4 Å². The standard InChI is InChI=1S/C28H23F8NO4S/c29-20-8-10-21(11-9-20)42(39,40)25(13-1-2-14-25)18-4-6-19(7-5-18)26(27(31,32)33,28(34,35)36)41-16-17-3-12-22(24(37)38)23(30)15-17/h3-12,15H,1-2,13-14,16H2,(H2,37,38). The number of primary amides is 1. The number of carbonyl (C=O) groups is 1. The third-order valence-corrected chi connectivity index (χ3v) is 9.99. The highest BCUT2D eigenvalue weighted by Gasteiger charge is 2.73. The topological polar surface area (TPSA) is 86.5 Å². The van der Waals surface area contributed by atoms with E-state index in [1.54, 1.807) is 0 Å². The minimum atomic E-state index is -6.07. The third-order valence-electron chi connectivity index (χ3n) is 7.42. The van der Waals surface area contributed by atoms with Gasteiger partial charge in [-0.1, -0.05) is 43.2 Å². The molecule has 0 atom stereocenters. The summed E-state index contributed by atoms with van der Waals surface area (Å²) in [5.41, 5.74) is -2.39. The Hall–Kier alpha value is -3.52. The zero-order valence-electron chi connectivity index (χ0n) is 21.5. The Morgan fingerprint density at radius 1 is 0.833 bits per heavy atom. The lowest BCUT2D eigenvalue weighted by molar-refractivity contribution is -0.392. The molecule has 5 nitrogen and oxygen atoms in total. The zero-order valence-corrected chi connectivity index (χ0v) is 22.3. The van der Waals surface area contributed by atoms with Gasteiger partial charge in [-0.05, 0) is 60.4 Å². The lowest BCUT2D eigenvalue weighted by Crippen LogP contribution is -2.55. The van der Waals surface area contributed by atoms with Crippen molar-refractivity contribution in [1.82, 2.24) is 0 Å². The van der Waals surface area contributed by atoms with Gasteiger partial charge in [0.05, 0.1) is 17.1 Å². The highest BCUT2D eigenvalue weighted by atomic mass is 32.2. The monoisotopic (exact) mass is 621 g/mol. The summed E-state index contributed by atoms with van der Waals surface area (Å²) >= 11 is 0. The Morgan fingerprint density at radius 3 is 1.86 bits per heavy atom. The Balaban J connectivity index is 1.78. The first-order chi connectivity index (χ1) is 19.5. The van der Waals surface area contributed by atoms with E-state index in [9.17, 15) is 48.3 Å². The second-order valence-corrected chi connectivity index (χ2v) is 12.1. The molecular formula is C28H23F8NO4S. The number of rotatable bonds is 8. The predicted molar refractivity (Wildman–Crippen MR) is 134 cm³/mol. The zero-order chi connectivity index (χ0) is 31.1. The van der Waals surface area contributed by atoms with Gasteiger partial charge in [-0.15, -0.1) is 0 Å². The molecule has 1 aliphatic rings. The minimum Gasteiger partial charge on any atom is -0.366 e. The van der Waals surface area contributed by atoms with Gasteiger partial charge >= 0.3 is 12.4 Å². The molecule has 0 heterocycles. The van der Waals surface area contributed by atoms with E-state index in [-0.39, 0.29) is 23.3 Å². The van der Waals surface area contributed by atoms with Crippen molar-refractivity contribution in [3.8, 4) is 0 Å². The molecule has 0 radical (unpaired) electrons. The van der Waals surface area contributed by atoms with Gasteiger partial charge in [-0.3, -0.25) is 4.79 Å². The van der Waals surface area contributed by atoms with Gasteiger partial charge in [0.25, 0.3) is 11.5 Å². The number of carbonyl (C=O) groups excluding carboxylic acids is 1. The van der Waals surface area contributed by atoms with E-state index in [0.717, 1.165) is 48.5 Å². The average Bonchev–Trinajstić information content (AvgIpc) is 3.40. The maximum atomic E-state index is 14.3.